The van der Waals surface area contributed by atoms with E-state index in [0.717, 1.165) is 17.2 Å². The highest BCUT2D eigenvalue weighted by molar-refractivity contribution is 6.32. The van der Waals surface area contributed by atoms with Crippen molar-refractivity contribution >= 4 is 29.1 Å². The second-order valence-electron chi connectivity index (χ2n) is 6.17. The topological polar surface area (TPSA) is 59.1 Å². The van der Waals surface area contributed by atoms with E-state index in [1.54, 1.807) is 13.2 Å². The molecule has 1 aromatic carbocycles. The quantitative estimate of drug-likeness (QED) is 0.803. The number of nitrogens with one attached hydrogen (secondary N) is 2. The van der Waals surface area contributed by atoms with E-state index in [1.165, 1.54) is 32.1 Å². The molecule has 6 heteroatoms. The molecule has 0 amide bonds. The van der Waals surface area contributed by atoms with Crippen LogP contribution in [0.15, 0.2) is 24.3 Å². The molecule has 2 N–H and O–H groups in total. The number of nitrogens with zero attached hydrogens (tertiary/aromatic N) is 2. The number of hydrogen-bond acceptors (Lipinski definition) is 5. The van der Waals surface area contributed by atoms with Crippen LogP contribution in [-0.4, -0.2) is 23.1 Å². The van der Waals surface area contributed by atoms with Gasteiger partial charge < -0.3 is 15.4 Å². The highest BCUT2D eigenvalue weighted by Gasteiger charge is 2.14. The Hall–Kier alpha value is -2.01. The van der Waals surface area contributed by atoms with Crippen LogP contribution in [0.1, 0.15) is 37.8 Å². The molecule has 0 aliphatic heterocycles. The van der Waals surface area contributed by atoms with Gasteiger partial charge in [0.1, 0.15) is 11.6 Å². The van der Waals surface area contributed by atoms with Crippen LogP contribution in [0, 0.1) is 6.92 Å². The minimum absolute atomic E-state index is 0.510. The number of aromatic nitrogens is 2. The maximum absolute atomic E-state index is 6.17. The van der Waals surface area contributed by atoms with Gasteiger partial charge in [-0.3, -0.25) is 0 Å². The number of methoxy groups -OCH3 is 1. The average molecular weight is 347 g/mol. The van der Waals surface area contributed by atoms with E-state index in [-0.39, 0.29) is 0 Å². The van der Waals surface area contributed by atoms with Gasteiger partial charge in [-0.2, -0.15) is 4.98 Å². The van der Waals surface area contributed by atoms with Crippen molar-refractivity contribution in [2.45, 2.75) is 45.1 Å². The first-order chi connectivity index (χ1) is 11.6. The summed E-state index contributed by atoms with van der Waals surface area (Å²) in [4.78, 5) is 9.05. The fourth-order valence-corrected chi connectivity index (χ4v) is 3.29. The van der Waals surface area contributed by atoms with Crippen LogP contribution in [0.25, 0.3) is 0 Å². The Morgan fingerprint density at radius 2 is 1.92 bits per heavy atom. The monoisotopic (exact) mass is 346 g/mol. The molecule has 1 fully saturated rings. The first kappa shape index (κ1) is 16.8. The van der Waals surface area contributed by atoms with Gasteiger partial charge in [0.05, 0.1) is 12.1 Å². The summed E-state index contributed by atoms with van der Waals surface area (Å²) < 4.78 is 5.17. The summed E-state index contributed by atoms with van der Waals surface area (Å²) in [5.74, 6) is 2.08. The molecule has 128 valence electrons. The smallest absolute Gasteiger partial charge is 0.229 e. The lowest BCUT2D eigenvalue weighted by Gasteiger charge is -2.23. The molecule has 0 atom stereocenters. The van der Waals surface area contributed by atoms with Gasteiger partial charge in [-0.25, -0.2) is 4.98 Å². The number of hydrogen-bond donors (Lipinski definition) is 2. The normalized spacial score (nSPS) is 15.1. The zero-order chi connectivity index (χ0) is 16.9. The van der Waals surface area contributed by atoms with Gasteiger partial charge in [0.2, 0.25) is 5.95 Å². The molecular weight excluding hydrogens is 324 g/mol. The standard InChI is InChI=1S/C18H23ClN4O/c1-12-10-17(21-13-6-4-3-5-7-13)23-18(20-12)22-14-8-9-16(24-2)15(19)11-14/h8-11,13H,3-7H2,1-2H3,(H2,20,21,22,23). The summed E-state index contributed by atoms with van der Waals surface area (Å²) in [5, 5.41) is 7.30. The first-order valence-electron chi connectivity index (χ1n) is 8.37. The lowest BCUT2D eigenvalue weighted by molar-refractivity contribution is 0.415. The van der Waals surface area contributed by atoms with Gasteiger partial charge >= 0.3 is 0 Å². The average Bonchev–Trinajstić information content (AvgIpc) is 2.55. The van der Waals surface area contributed by atoms with E-state index in [1.807, 2.05) is 25.1 Å². The van der Waals surface area contributed by atoms with Gasteiger partial charge in [-0.05, 0) is 38.0 Å². The van der Waals surface area contributed by atoms with Gasteiger partial charge in [-0.15, -0.1) is 0 Å². The van der Waals surface area contributed by atoms with Gasteiger partial charge in [-0.1, -0.05) is 30.9 Å². The molecule has 0 spiro atoms. The number of benzene rings is 1. The molecule has 1 saturated carbocycles. The fraction of sp³-hybridized carbons (Fsp3) is 0.444. The lowest BCUT2D eigenvalue weighted by Crippen LogP contribution is -2.23. The third kappa shape index (κ3) is 4.29. The Morgan fingerprint density at radius 3 is 2.62 bits per heavy atom. The van der Waals surface area contributed by atoms with Crippen molar-refractivity contribution in [3.05, 3.63) is 35.0 Å². The van der Waals surface area contributed by atoms with Crippen LogP contribution in [0.3, 0.4) is 0 Å². The summed E-state index contributed by atoms with van der Waals surface area (Å²) in [6.07, 6.45) is 6.33. The predicted octanol–water partition coefficient (Wildman–Crippen LogP) is 4.94. The molecule has 1 aromatic heterocycles. The van der Waals surface area contributed by atoms with Gasteiger partial charge in [0.25, 0.3) is 0 Å². The highest BCUT2D eigenvalue weighted by Crippen LogP contribution is 2.28. The molecule has 1 aliphatic carbocycles. The first-order valence-corrected chi connectivity index (χ1v) is 8.74. The second kappa shape index (κ2) is 7.71. The van der Waals surface area contributed by atoms with Crippen LogP contribution in [0.5, 0.6) is 5.75 Å². The predicted molar refractivity (Wildman–Crippen MR) is 98.6 cm³/mol. The molecule has 0 radical (unpaired) electrons. The van der Waals surface area contributed by atoms with Crippen LogP contribution >= 0.6 is 11.6 Å². The Labute approximate surface area is 147 Å². The molecule has 3 rings (SSSR count). The number of aryl methyl sites for hydroxylation is 1. The Morgan fingerprint density at radius 1 is 1.12 bits per heavy atom. The summed E-state index contributed by atoms with van der Waals surface area (Å²) in [5.41, 5.74) is 1.75. The zero-order valence-electron chi connectivity index (χ0n) is 14.1. The summed E-state index contributed by atoms with van der Waals surface area (Å²) in [7, 11) is 1.60. The maximum atomic E-state index is 6.17. The van der Waals surface area contributed by atoms with Crippen molar-refractivity contribution in [1.82, 2.24) is 9.97 Å². The second-order valence-corrected chi connectivity index (χ2v) is 6.58. The van der Waals surface area contributed by atoms with E-state index < -0.39 is 0 Å². The Balaban J connectivity index is 1.74. The summed E-state index contributed by atoms with van der Waals surface area (Å²) in [6.45, 7) is 1.97. The molecule has 24 heavy (non-hydrogen) atoms. The maximum Gasteiger partial charge on any atom is 0.229 e. The van der Waals surface area contributed by atoms with Gasteiger partial charge in [0.15, 0.2) is 0 Å². The molecular formula is C18H23ClN4O. The number of anilines is 3. The van der Waals surface area contributed by atoms with E-state index in [9.17, 15) is 0 Å². The number of ether oxygens (including phenoxy) is 1. The number of halogens is 1. The van der Waals surface area contributed by atoms with Crippen LogP contribution in [-0.2, 0) is 0 Å². The summed E-state index contributed by atoms with van der Waals surface area (Å²) in [6, 6.07) is 8.02. The molecule has 0 unspecified atom stereocenters. The molecule has 0 saturated heterocycles. The molecule has 0 bridgehead atoms. The minimum Gasteiger partial charge on any atom is -0.495 e. The molecule has 1 heterocycles. The van der Waals surface area contributed by atoms with Crippen molar-refractivity contribution in [2.24, 2.45) is 0 Å². The van der Waals surface area contributed by atoms with Crippen molar-refractivity contribution in [3.63, 3.8) is 0 Å². The summed E-state index contributed by atoms with van der Waals surface area (Å²) >= 11 is 6.17. The lowest BCUT2D eigenvalue weighted by atomic mass is 9.95. The van der Waals surface area contributed by atoms with Crippen molar-refractivity contribution in [2.75, 3.05) is 17.7 Å². The zero-order valence-corrected chi connectivity index (χ0v) is 14.9. The van der Waals surface area contributed by atoms with Crippen LogP contribution in [0.2, 0.25) is 5.02 Å². The Kier molecular flexibility index (Phi) is 5.41. The van der Waals surface area contributed by atoms with E-state index in [0.29, 0.717) is 22.8 Å². The minimum atomic E-state index is 0.510. The van der Waals surface area contributed by atoms with Gasteiger partial charge in [0, 0.05) is 23.5 Å². The highest BCUT2D eigenvalue weighted by atomic mass is 35.5. The van der Waals surface area contributed by atoms with E-state index >= 15 is 0 Å². The molecule has 5 nitrogen and oxygen atoms in total. The largest absolute Gasteiger partial charge is 0.495 e. The Bertz CT molecular complexity index is 701. The van der Waals surface area contributed by atoms with Crippen molar-refractivity contribution < 1.29 is 4.74 Å². The van der Waals surface area contributed by atoms with E-state index in [4.69, 9.17) is 16.3 Å². The van der Waals surface area contributed by atoms with E-state index in [2.05, 4.69) is 20.6 Å². The molecule has 2 aromatic rings. The third-order valence-electron chi connectivity index (χ3n) is 4.22. The SMILES string of the molecule is COc1ccc(Nc2nc(C)cc(NC3CCCCC3)n2)cc1Cl. The number of rotatable bonds is 5. The fourth-order valence-electron chi connectivity index (χ4n) is 3.03. The van der Waals surface area contributed by atoms with Crippen molar-refractivity contribution in [1.29, 1.82) is 0 Å². The van der Waals surface area contributed by atoms with Crippen molar-refractivity contribution in [3.8, 4) is 5.75 Å². The third-order valence-corrected chi connectivity index (χ3v) is 4.51. The van der Waals surface area contributed by atoms with Crippen LogP contribution in [0.4, 0.5) is 17.5 Å². The molecule has 1 aliphatic rings. The van der Waals surface area contributed by atoms with Crippen LogP contribution < -0.4 is 15.4 Å².